The van der Waals surface area contributed by atoms with Gasteiger partial charge in [-0.15, -0.1) is 0 Å². The Bertz CT molecular complexity index is 804. The van der Waals surface area contributed by atoms with E-state index in [0.29, 0.717) is 19.4 Å². The zero-order valence-corrected chi connectivity index (χ0v) is 16.5. The Morgan fingerprint density at radius 3 is 2.57 bits per heavy atom. The Labute approximate surface area is 167 Å². The molecule has 2 aromatic rings. The third-order valence-corrected chi connectivity index (χ3v) is 6.54. The van der Waals surface area contributed by atoms with Gasteiger partial charge in [0.05, 0.1) is 25.2 Å². The fraction of sp³-hybridized carbons (Fsp3) is 0.458. The fourth-order valence-electron chi connectivity index (χ4n) is 5.05. The van der Waals surface area contributed by atoms with Gasteiger partial charge in [0, 0.05) is 12.5 Å². The Morgan fingerprint density at radius 2 is 1.86 bits per heavy atom. The molecule has 0 bridgehead atoms. The molecule has 148 valence electrons. The van der Waals surface area contributed by atoms with Gasteiger partial charge < -0.3 is 14.7 Å². The minimum atomic E-state index is -0.660. The first-order valence-corrected chi connectivity index (χ1v) is 10.3. The molecular weight excluding hydrogens is 350 g/mol. The molecule has 4 heteroatoms. The van der Waals surface area contributed by atoms with Gasteiger partial charge in [-0.2, -0.15) is 0 Å². The van der Waals surface area contributed by atoms with Crippen LogP contribution in [0, 0.1) is 5.92 Å². The predicted octanol–water partition coefficient (Wildman–Crippen LogP) is 4.13. The predicted molar refractivity (Wildman–Crippen MR) is 109 cm³/mol. The van der Waals surface area contributed by atoms with Gasteiger partial charge in [-0.1, -0.05) is 55.3 Å². The monoisotopic (exact) mass is 379 g/mol. The summed E-state index contributed by atoms with van der Waals surface area (Å²) in [6, 6.07) is 17.8. The largest absolute Gasteiger partial charge is 0.497 e. The highest BCUT2D eigenvalue weighted by atomic mass is 16.5. The highest BCUT2D eigenvalue weighted by Crippen LogP contribution is 2.49. The van der Waals surface area contributed by atoms with Gasteiger partial charge in [0.1, 0.15) is 5.75 Å². The number of benzene rings is 2. The van der Waals surface area contributed by atoms with Crippen LogP contribution in [0.15, 0.2) is 54.6 Å². The second-order valence-corrected chi connectivity index (χ2v) is 8.17. The number of rotatable bonds is 4. The molecule has 1 aliphatic heterocycles. The zero-order chi connectivity index (χ0) is 19.6. The number of hydrogen-bond donors (Lipinski definition) is 1. The molecule has 4 nitrogen and oxygen atoms in total. The molecule has 4 rings (SSSR count). The summed E-state index contributed by atoms with van der Waals surface area (Å²) in [7, 11) is 1.66. The van der Waals surface area contributed by atoms with Crippen molar-refractivity contribution in [1.29, 1.82) is 0 Å². The van der Waals surface area contributed by atoms with E-state index in [1.807, 2.05) is 59.5 Å². The Balaban J connectivity index is 1.66. The molecule has 1 saturated carbocycles. The van der Waals surface area contributed by atoms with Crippen molar-refractivity contribution in [3.63, 3.8) is 0 Å². The van der Waals surface area contributed by atoms with Crippen molar-refractivity contribution in [2.75, 3.05) is 13.7 Å². The van der Waals surface area contributed by atoms with E-state index in [4.69, 9.17) is 4.74 Å². The number of methoxy groups -OCH3 is 1. The van der Waals surface area contributed by atoms with E-state index >= 15 is 0 Å². The number of carbonyl (C=O) groups is 1. The molecule has 3 atom stereocenters. The molecule has 28 heavy (non-hydrogen) atoms. The topological polar surface area (TPSA) is 49.8 Å². The van der Waals surface area contributed by atoms with E-state index < -0.39 is 5.60 Å². The SMILES string of the molecule is COc1ccc([C@H]2[C@H]3CCCC[C@]3(O)CCN2C(=O)Cc2ccccc2)cc1. The highest BCUT2D eigenvalue weighted by molar-refractivity contribution is 5.79. The maximum absolute atomic E-state index is 13.3. The van der Waals surface area contributed by atoms with E-state index in [0.717, 1.165) is 42.6 Å². The molecule has 2 aromatic carbocycles. The van der Waals surface area contributed by atoms with Gasteiger partial charge >= 0.3 is 0 Å². The molecule has 1 saturated heterocycles. The Hall–Kier alpha value is -2.33. The first-order valence-electron chi connectivity index (χ1n) is 10.3. The fourth-order valence-corrected chi connectivity index (χ4v) is 5.05. The molecule has 1 heterocycles. The van der Waals surface area contributed by atoms with Crippen LogP contribution in [0.1, 0.15) is 49.3 Å². The van der Waals surface area contributed by atoms with Gasteiger partial charge in [0.15, 0.2) is 0 Å². The lowest BCUT2D eigenvalue weighted by atomic mass is 9.66. The lowest BCUT2D eigenvalue weighted by Gasteiger charge is -2.52. The molecule has 1 N–H and O–H groups in total. The van der Waals surface area contributed by atoms with Crippen molar-refractivity contribution >= 4 is 5.91 Å². The van der Waals surface area contributed by atoms with Crippen LogP contribution in [0.3, 0.4) is 0 Å². The second-order valence-electron chi connectivity index (χ2n) is 8.17. The van der Waals surface area contributed by atoms with Crippen LogP contribution in [-0.4, -0.2) is 35.2 Å². The van der Waals surface area contributed by atoms with Gasteiger partial charge in [0.2, 0.25) is 5.91 Å². The lowest BCUT2D eigenvalue weighted by Crippen LogP contribution is -2.56. The maximum atomic E-state index is 13.3. The molecule has 0 aromatic heterocycles. The van der Waals surface area contributed by atoms with E-state index in [9.17, 15) is 9.90 Å². The van der Waals surface area contributed by atoms with Crippen molar-refractivity contribution < 1.29 is 14.6 Å². The number of carbonyl (C=O) groups excluding carboxylic acids is 1. The molecule has 0 spiro atoms. The number of amides is 1. The average molecular weight is 380 g/mol. The van der Waals surface area contributed by atoms with Crippen LogP contribution >= 0.6 is 0 Å². The van der Waals surface area contributed by atoms with Crippen molar-refractivity contribution in [1.82, 2.24) is 4.90 Å². The molecule has 0 radical (unpaired) electrons. The van der Waals surface area contributed by atoms with Crippen LogP contribution in [0.25, 0.3) is 0 Å². The summed E-state index contributed by atoms with van der Waals surface area (Å²) in [5, 5.41) is 11.4. The first kappa shape index (κ1) is 19.0. The maximum Gasteiger partial charge on any atom is 0.227 e. The minimum Gasteiger partial charge on any atom is -0.497 e. The molecular formula is C24H29NO3. The van der Waals surface area contributed by atoms with Crippen molar-refractivity contribution in [3.05, 3.63) is 65.7 Å². The van der Waals surface area contributed by atoms with Gasteiger partial charge in [-0.05, 0) is 42.5 Å². The van der Waals surface area contributed by atoms with Crippen LogP contribution in [0.2, 0.25) is 0 Å². The summed E-state index contributed by atoms with van der Waals surface area (Å²) < 4.78 is 5.31. The quantitative estimate of drug-likeness (QED) is 0.869. The van der Waals surface area contributed by atoms with Gasteiger partial charge in [-0.3, -0.25) is 4.79 Å². The summed E-state index contributed by atoms with van der Waals surface area (Å²) in [4.78, 5) is 15.3. The smallest absolute Gasteiger partial charge is 0.227 e. The summed E-state index contributed by atoms with van der Waals surface area (Å²) in [6.07, 6.45) is 5.05. The van der Waals surface area contributed by atoms with Gasteiger partial charge in [-0.25, -0.2) is 0 Å². The van der Waals surface area contributed by atoms with Crippen LogP contribution in [0.5, 0.6) is 5.75 Å². The molecule has 0 unspecified atom stereocenters. The standard InChI is InChI=1S/C24H29NO3/c1-28-20-12-10-19(11-13-20)23-21-9-5-6-14-24(21,27)15-16-25(23)22(26)17-18-7-3-2-4-8-18/h2-4,7-8,10-13,21,23,27H,5-6,9,14-17H2,1H3/t21-,23+,24+/m1/s1. The van der Waals surface area contributed by atoms with Crippen LogP contribution in [-0.2, 0) is 11.2 Å². The molecule has 2 aliphatic rings. The highest BCUT2D eigenvalue weighted by Gasteiger charge is 2.50. The van der Waals surface area contributed by atoms with Crippen molar-refractivity contribution in [2.45, 2.75) is 50.2 Å². The second kappa shape index (κ2) is 7.96. The number of nitrogens with zero attached hydrogens (tertiary/aromatic N) is 1. The van der Waals surface area contributed by atoms with Crippen molar-refractivity contribution in [2.24, 2.45) is 5.92 Å². The normalized spacial score (nSPS) is 27.1. The summed E-state index contributed by atoms with van der Waals surface area (Å²) in [6.45, 7) is 0.607. The van der Waals surface area contributed by atoms with E-state index in [2.05, 4.69) is 0 Å². The summed E-state index contributed by atoms with van der Waals surface area (Å²) in [5.41, 5.74) is 1.46. The number of fused-ring (bicyclic) bond motifs is 1. The number of piperidine rings is 1. The zero-order valence-electron chi connectivity index (χ0n) is 16.5. The molecule has 1 amide bonds. The van der Waals surface area contributed by atoms with E-state index in [1.54, 1.807) is 7.11 Å². The minimum absolute atomic E-state index is 0.0823. The van der Waals surface area contributed by atoms with Crippen LogP contribution in [0.4, 0.5) is 0 Å². The average Bonchev–Trinajstić information content (AvgIpc) is 2.73. The summed E-state index contributed by atoms with van der Waals surface area (Å²) in [5.74, 6) is 1.03. The summed E-state index contributed by atoms with van der Waals surface area (Å²) >= 11 is 0. The van der Waals surface area contributed by atoms with Crippen LogP contribution < -0.4 is 4.74 Å². The number of likely N-dealkylation sites (tertiary alicyclic amines) is 1. The number of aliphatic hydroxyl groups is 1. The van der Waals surface area contributed by atoms with E-state index in [-0.39, 0.29) is 17.9 Å². The first-order chi connectivity index (χ1) is 13.6. The third-order valence-electron chi connectivity index (χ3n) is 6.54. The molecule has 2 fully saturated rings. The lowest BCUT2D eigenvalue weighted by molar-refractivity contribution is -0.154. The van der Waals surface area contributed by atoms with E-state index in [1.165, 1.54) is 0 Å². The Morgan fingerprint density at radius 1 is 1.11 bits per heavy atom. The Kier molecular flexibility index (Phi) is 5.40. The number of ether oxygens (including phenoxy) is 1. The van der Waals surface area contributed by atoms with Crippen molar-refractivity contribution in [3.8, 4) is 5.75 Å². The third kappa shape index (κ3) is 3.66. The number of hydrogen-bond acceptors (Lipinski definition) is 3. The van der Waals surface area contributed by atoms with Gasteiger partial charge in [0.25, 0.3) is 0 Å². The molecule has 1 aliphatic carbocycles.